The van der Waals surface area contributed by atoms with E-state index in [0.717, 1.165) is 32.3 Å². The summed E-state index contributed by atoms with van der Waals surface area (Å²) in [7, 11) is 0. The van der Waals surface area contributed by atoms with Crippen LogP contribution in [0.15, 0.2) is 0 Å². The summed E-state index contributed by atoms with van der Waals surface area (Å²) in [5.74, 6) is 0. The third kappa shape index (κ3) is 4.94. The number of aliphatic hydroxyl groups excluding tert-OH is 1. The minimum absolute atomic E-state index is 0.0219. The number of hydrogen-bond donors (Lipinski definition) is 1. The van der Waals surface area contributed by atoms with Gasteiger partial charge in [-0.25, -0.2) is 0 Å². The average molecular weight is 244 g/mol. The summed E-state index contributed by atoms with van der Waals surface area (Å²) in [6, 6.07) is 0. The van der Waals surface area contributed by atoms with E-state index in [1.807, 2.05) is 6.92 Å². The van der Waals surface area contributed by atoms with Crippen molar-refractivity contribution >= 4 is 0 Å². The highest BCUT2D eigenvalue weighted by atomic mass is 16.5. The Balaban J connectivity index is 2.38. The SMILES string of the molecule is CCOC(C(O)CCC1CCCO1)C(C)(C)C. The van der Waals surface area contributed by atoms with Crippen LogP contribution in [-0.4, -0.2) is 36.6 Å². The molecule has 0 aromatic rings. The Morgan fingerprint density at radius 2 is 2.12 bits per heavy atom. The van der Waals surface area contributed by atoms with Crippen molar-refractivity contribution in [3.05, 3.63) is 0 Å². The Morgan fingerprint density at radius 3 is 2.59 bits per heavy atom. The van der Waals surface area contributed by atoms with E-state index >= 15 is 0 Å². The van der Waals surface area contributed by atoms with E-state index in [1.54, 1.807) is 0 Å². The van der Waals surface area contributed by atoms with E-state index in [1.165, 1.54) is 0 Å². The summed E-state index contributed by atoms with van der Waals surface area (Å²) < 4.78 is 11.3. The van der Waals surface area contributed by atoms with Crippen molar-refractivity contribution in [1.82, 2.24) is 0 Å². The van der Waals surface area contributed by atoms with Gasteiger partial charge in [0.25, 0.3) is 0 Å². The zero-order valence-corrected chi connectivity index (χ0v) is 11.7. The first-order chi connectivity index (χ1) is 7.95. The lowest BCUT2D eigenvalue weighted by atomic mass is 9.84. The minimum atomic E-state index is -0.390. The molecule has 0 bridgehead atoms. The van der Waals surface area contributed by atoms with Crippen LogP contribution in [0, 0.1) is 5.41 Å². The van der Waals surface area contributed by atoms with Crippen molar-refractivity contribution in [2.45, 2.75) is 71.7 Å². The van der Waals surface area contributed by atoms with Gasteiger partial charge in [-0.15, -0.1) is 0 Å². The zero-order chi connectivity index (χ0) is 12.9. The Kier molecular flexibility index (Phi) is 5.90. The Labute approximate surface area is 105 Å². The molecule has 1 heterocycles. The lowest BCUT2D eigenvalue weighted by Crippen LogP contribution is -2.40. The first-order valence-electron chi connectivity index (χ1n) is 6.86. The van der Waals surface area contributed by atoms with Crippen LogP contribution in [0.3, 0.4) is 0 Å². The summed E-state index contributed by atoms with van der Waals surface area (Å²) in [6.45, 7) is 9.85. The molecule has 0 aromatic carbocycles. The van der Waals surface area contributed by atoms with E-state index in [-0.39, 0.29) is 17.6 Å². The van der Waals surface area contributed by atoms with Gasteiger partial charge in [0.15, 0.2) is 0 Å². The molecule has 3 nitrogen and oxygen atoms in total. The molecule has 1 fully saturated rings. The van der Waals surface area contributed by atoms with Gasteiger partial charge in [-0.3, -0.25) is 0 Å². The maximum Gasteiger partial charge on any atom is 0.0881 e. The lowest BCUT2D eigenvalue weighted by Gasteiger charge is -2.34. The summed E-state index contributed by atoms with van der Waals surface area (Å²) in [5, 5.41) is 10.3. The quantitative estimate of drug-likeness (QED) is 0.781. The van der Waals surface area contributed by atoms with Crippen LogP contribution in [-0.2, 0) is 9.47 Å². The molecule has 3 heteroatoms. The molecule has 0 amide bonds. The lowest BCUT2D eigenvalue weighted by molar-refractivity contribution is -0.0933. The highest BCUT2D eigenvalue weighted by molar-refractivity contribution is 4.82. The predicted octanol–water partition coefficient (Wildman–Crippen LogP) is 2.76. The van der Waals surface area contributed by atoms with Gasteiger partial charge < -0.3 is 14.6 Å². The van der Waals surface area contributed by atoms with Gasteiger partial charge in [0.05, 0.1) is 18.3 Å². The van der Waals surface area contributed by atoms with Gasteiger partial charge >= 0.3 is 0 Å². The van der Waals surface area contributed by atoms with Crippen molar-refractivity contribution in [3.63, 3.8) is 0 Å². The standard InChI is InChI=1S/C14H28O3/c1-5-16-13(14(2,3)4)12(15)9-8-11-7-6-10-17-11/h11-13,15H,5-10H2,1-4H3. The van der Waals surface area contributed by atoms with E-state index in [2.05, 4.69) is 20.8 Å². The maximum atomic E-state index is 10.3. The second-order valence-electron chi connectivity index (χ2n) is 6.02. The maximum absolute atomic E-state index is 10.3. The fourth-order valence-corrected chi connectivity index (χ4v) is 2.50. The molecule has 1 saturated heterocycles. The molecule has 1 rings (SSSR count). The first-order valence-corrected chi connectivity index (χ1v) is 6.86. The van der Waals surface area contributed by atoms with Gasteiger partial charge in [-0.2, -0.15) is 0 Å². The Hall–Kier alpha value is -0.120. The molecule has 102 valence electrons. The molecule has 17 heavy (non-hydrogen) atoms. The summed E-state index contributed by atoms with van der Waals surface area (Å²) in [5.41, 5.74) is -0.0219. The van der Waals surface area contributed by atoms with Gasteiger partial charge in [-0.05, 0) is 38.0 Å². The summed E-state index contributed by atoms with van der Waals surface area (Å²) in [6.07, 6.45) is 3.89. The second-order valence-corrected chi connectivity index (χ2v) is 6.02. The largest absolute Gasteiger partial charge is 0.390 e. The predicted molar refractivity (Wildman–Crippen MR) is 69.1 cm³/mol. The normalized spacial score (nSPS) is 24.9. The number of rotatable bonds is 6. The summed E-state index contributed by atoms with van der Waals surface area (Å²) >= 11 is 0. The van der Waals surface area contributed by atoms with Crippen LogP contribution in [0.25, 0.3) is 0 Å². The van der Waals surface area contributed by atoms with Gasteiger partial charge in [0, 0.05) is 13.2 Å². The fraction of sp³-hybridized carbons (Fsp3) is 1.00. The first kappa shape index (κ1) is 14.9. The van der Waals surface area contributed by atoms with Crippen molar-refractivity contribution in [1.29, 1.82) is 0 Å². The molecule has 0 saturated carbocycles. The van der Waals surface area contributed by atoms with Crippen molar-refractivity contribution in [2.75, 3.05) is 13.2 Å². The van der Waals surface area contributed by atoms with Crippen molar-refractivity contribution < 1.29 is 14.6 Å². The Bertz CT molecular complexity index is 204. The van der Waals surface area contributed by atoms with Crippen molar-refractivity contribution in [3.8, 4) is 0 Å². The van der Waals surface area contributed by atoms with Crippen LogP contribution >= 0.6 is 0 Å². The highest BCUT2D eigenvalue weighted by Crippen LogP contribution is 2.28. The molecule has 3 atom stereocenters. The molecule has 3 unspecified atom stereocenters. The average Bonchev–Trinajstić information content (AvgIpc) is 2.73. The Morgan fingerprint density at radius 1 is 1.41 bits per heavy atom. The number of ether oxygens (including phenoxy) is 2. The molecule has 1 N–H and O–H groups in total. The number of hydrogen-bond acceptors (Lipinski definition) is 3. The molecule has 0 radical (unpaired) electrons. The van der Waals surface area contributed by atoms with Crippen LogP contribution in [0.2, 0.25) is 0 Å². The zero-order valence-electron chi connectivity index (χ0n) is 11.7. The van der Waals surface area contributed by atoms with Gasteiger partial charge in [-0.1, -0.05) is 20.8 Å². The third-order valence-electron chi connectivity index (χ3n) is 3.36. The molecule has 1 aliphatic heterocycles. The molecular weight excluding hydrogens is 216 g/mol. The highest BCUT2D eigenvalue weighted by Gasteiger charge is 2.32. The van der Waals surface area contributed by atoms with E-state index in [9.17, 15) is 5.11 Å². The summed E-state index contributed by atoms with van der Waals surface area (Å²) in [4.78, 5) is 0. The smallest absolute Gasteiger partial charge is 0.0881 e. The van der Waals surface area contributed by atoms with E-state index < -0.39 is 0 Å². The van der Waals surface area contributed by atoms with E-state index in [0.29, 0.717) is 12.7 Å². The van der Waals surface area contributed by atoms with E-state index in [4.69, 9.17) is 9.47 Å². The van der Waals surface area contributed by atoms with Gasteiger partial charge in [0.1, 0.15) is 0 Å². The van der Waals surface area contributed by atoms with Crippen LogP contribution in [0.5, 0.6) is 0 Å². The topological polar surface area (TPSA) is 38.7 Å². The molecule has 0 aromatic heterocycles. The van der Waals surface area contributed by atoms with Crippen LogP contribution in [0.4, 0.5) is 0 Å². The fourth-order valence-electron chi connectivity index (χ4n) is 2.50. The van der Waals surface area contributed by atoms with Gasteiger partial charge in [0.2, 0.25) is 0 Å². The minimum Gasteiger partial charge on any atom is -0.390 e. The molecule has 0 aliphatic carbocycles. The van der Waals surface area contributed by atoms with Crippen molar-refractivity contribution in [2.24, 2.45) is 5.41 Å². The molecule has 0 spiro atoms. The van der Waals surface area contributed by atoms with Crippen LogP contribution in [0.1, 0.15) is 53.4 Å². The molecular formula is C14H28O3. The monoisotopic (exact) mass is 244 g/mol. The second kappa shape index (κ2) is 6.72. The third-order valence-corrected chi connectivity index (χ3v) is 3.36. The van der Waals surface area contributed by atoms with Crippen LogP contribution < -0.4 is 0 Å². The number of aliphatic hydroxyl groups is 1. The molecule has 1 aliphatic rings.